The number of amidine groups is 1. The Labute approximate surface area is 225 Å². The van der Waals surface area contributed by atoms with Crippen LogP contribution in [-0.2, 0) is 23.2 Å². The van der Waals surface area contributed by atoms with Crippen molar-refractivity contribution in [3.8, 4) is 11.5 Å². The van der Waals surface area contributed by atoms with Gasteiger partial charge in [-0.25, -0.2) is 0 Å². The molecule has 38 heavy (non-hydrogen) atoms. The summed E-state index contributed by atoms with van der Waals surface area (Å²) in [6.07, 6.45) is 0.722. The van der Waals surface area contributed by atoms with Gasteiger partial charge in [-0.1, -0.05) is 20.8 Å². The molecule has 9 nitrogen and oxygen atoms in total. The monoisotopic (exact) mass is 524 g/mol. The number of benzene rings is 2. The van der Waals surface area contributed by atoms with E-state index in [1.807, 2.05) is 25.1 Å². The van der Waals surface area contributed by atoms with Crippen LogP contribution in [0.15, 0.2) is 24.3 Å². The van der Waals surface area contributed by atoms with Crippen molar-refractivity contribution < 1.29 is 24.2 Å². The third kappa shape index (κ3) is 6.45. The largest absolute Gasteiger partial charge is 0.494 e. The van der Waals surface area contributed by atoms with E-state index in [0.29, 0.717) is 60.0 Å². The number of Topliss-reactive ketones (excluding diaryl/α,β-unsaturated/α-hetero) is 1. The van der Waals surface area contributed by atoms with Gasteiger partial charge >= 0.3 is 0 Å². The number of ether oxygens (including phenoxy) is 2. The Bertz CT molecular complexity index is 1200. The predicted octanol–water partition coefficient (Wildman–Crippen LogP) is 3.50. The zero-order valence-corrected chi connectivity index (χ0v) is 23.3. The van der Waals surface area contributed by atoms with E-state index < -0.39 is 0 Å². The summed E-state index contributed by atoms with van der Waals surface area (Å²) in [5.41, 5.74) is 4.17. The molecule has 3 rings (SSSR count). The molecule has 0 fully saturated rings. The Balaban J connectivity index is 1.90. The molecule has 0 unspecified atom stereocenters. The molecule has 1 amide bonds. The first-order valence-corrected chi connectivity index (χ1v) is 13.0. The molecule has 4 N–H and O–H groups in total. The van der Waals surface area contributed by atoms with Gasteiger partial charge < -0.3 is 30.1 Å². The van der Waals surface area contributed by atoms with Crippen molar-refractivity contribution in [2.45, 2.75) is 52.5 Å². The van der Waals surface area contributed by atoms with Gasteiger partial charge in [0.2, 0.25) is 5.91 Å². The summed E-state index contributed by atoms with van der Waals surface area (Å²) in [6.45, 7) is 9.59. The maximum absolute atomic E-state index is 13.6. The molecule has 1 aliphatic heterocycles. The van der Waals surface area contributed by atoms with E-state index in [0.717, 1.165) is 11.1 Å². The highest BCUT2D eigenvalue weighted by Crippen LogP contribution is 2.39. The second-order valence-electron chi connectivity index (χ2n) is 10.4. The Hall–Kier alpha value is -3.59. The van der Waals surface area contributed by atoms with Gasteiger partial charge in [0.15, 0.2) is 5.78 Å². The molecule has 0 aliphatic carbocycles. The fourth-order valence-corrected chi connectivity index (χ4v) is 4.56. The fourth-order valence-electron chi connectivity index (χ4n) is 4.56. The summed E-state index contributed by atoms with van der Waals surface area (Å²) in [4.78, 5) is 27.3. The van der Waals surface area contributed by atoms with E-state index in [1.165, 1.54) is 0 Å². The van der Waals surface area contributed by atoms with Crippen LogP contribution >= 0.6 is 0 Å². The average Bonchev–Trinajstić information content (AvgIpc) is 3.17. The number of likely N-dealkylation sites (N-methyl/N-ethyl adjacent to an activating group) is 1. The summed E-state index contributed by atoms with van der Waals surface area (Å²) in [5.74, 6) is 1.30. The molecule has 0 aromatic heterocycles. The first-order valence-electron chi connectivity index (χ1n) is 13.0. The maximum Gasteiger partial charge on any atom is 0.224 e. The Morgan fingerprint density at radius 1 is 1.18 bits per heavy atom. The SMILES string of the molecule is CCOc1cc2c(cc1CC(=O)NC)C(=N)N(CC(=O)c1cc(NCCCO)c(OC)c(C(C)(C)C)c1)C2. The van der Waals surface area contributed by atoms with E-state index in [1.54, 1.807) is 25.1 Å². The molecule has 0 saturated heterocycles. The van der Waals surface area contributed by atoms with Crippen molar-refractivity contribution in [3.63, 3.8) is 0 Å². The number of nitrogens with one attached hydrogen (secondary N) is 3. The number of anilines is 1. The lowest BCUT2D eigenvalue weighted by molar-refractivity contribution is -0.119. The van der Waals surface area contributed by atoms with Crippen LogP contribution in [0.5, 0.6) is 11.5 Å². The number of carbonyl (C=O) groups excluding carboxylic acids is 2. The fraction of sp³-hybridized carbons (Fsp3) is 0.483. The minimum Gasteiger partial charge on any atom is -0.494 e. The van der Waals surface area contributed by atoms with Gasteiger partial charge in [0.05, 0.1) is 32.4 Å². The molecule has 0 atom stereocenters. The Morgan fingerprint density at radius 3 is 2.53 bits per heavy atom. The van der Waals surface area contributed by atoms with Crippen LogP contribution in [0.3, 0.4) is 0 Å². The highest BCUT2D eigenvalue weighted by Gasteiger charge is 2.30. The van der Waals surface area contributed by atoms with Gasteiger partial charge in [-0.05, 0) is 48.6 Å². The zero-order valence-electron chi connectivity index (χ0n) is 23.3. The van der Waals surface area contributed by atoms with Crippen molar-refractivity contribution in [2.75, 3.05) is 45.8 Å². The number of hydrogen-bond donors (Lipinski definition) is 4. The molecule has 2 aromatic rings. The summed E-state index contributed by atoms with van der Waals surface area (Å²) in [5, 5.41) is 23.9. The van der Waals surface area contributed by atoms with Crippen molar-refractivity contribution >= 4 is 23.2 Å². The molecular formula is C29H40N4O5. The molecule has 0 radical (unpaired) electrons. The number of ketones is 1. The molecule has 0 bridgehead atoms. The first kappa shape index (κ1) is 29.0. The third-order valence-corrected chi connectivity index (χ3v) is 6.56. The van der Waals surface area contributed by atoms with Crippen LogP contribution in [0.2, 0.25) is 0 Å². The van der Waals surface area contributed by atoms with Gasteiger partial charge in [0, 0.05) is 49.0 Å². The van der Waals surface area contributed by atoms with Gasteiger partial charge in [0.25, 0.3) is 0 Å². The van der Waals surface area contributed by atoms with Crippen molar-refractivity contribution in [3.05, 3.63) is 52.1 Å². The summed E-state index contributed by atoms with van der Waals surface area (Å²) in [7, 11) is 3.20. The first-order chi connectivity index (χ1) is 18.0. The van der Waals surface area contributed by atoms with Gasteiger partial charge in [-0.15, -0.1) is 0 Å². The van der Waals surface area contributed by atoms with Gasteiger partial charge in [-0.2, -0.15) is 0 Å². The van der Waals surface area contributed by atoms with E-state index in [4.69, 9.17) is 14.9 Å². The van der Waals surface area contributed by atoms with Crippen LogP contribution in [0.25, 0.3) is 0 Å². The van der Waals surface area contributed by atoms with E-state index in [-0.39, 0.29) is 42.5 Å². The number of nitrogens with zero attached hydrogens (tertiary/aromatic N) is 1. The molecule has 0 spiro atoms. The van der Waals surface area contributed by atoms with Crippen molar-refractivity contribution in [2.24, 2.45) is 0 Å². The predicted molar refractivity (Wildman–Crippen MR) is 149 cm³/mol. The number of hydrogen-bond acceptors (Lipinski definition) is 7. The lowest BCUT2D eigenvalue weighted by atomic mass is 9.84. The second kappa shape index (κ2) is 12.3. The van der Waals surface area contributed by atoms with Crippen LogP contribution < -0.4 is 20.1 Å². The standard InChI is InChI=1S/C29H40N4O5/c1-7-38-25-14-20-16-33(28(30)21(20)11-19(25)15-26(36)31-5)17-24(35)18-12-22(29(2,3)4)27(37-6)23(13-18)32-9-8-10-34/h11-14,30,32,34H,7-10,15-17H2,1-6H3,(H,31,36). The highest BCUT2D eigenvalue weighted by molar-refractivity contribution is 6.06. The summed E-state index contributed by atoms with van der Waals surface area (Å²) < 4.78 is 11.5. The van der Waals surface area contributed by atoms with Gasteiger partial charge in [-0.3, -0.25) is 15.0 Å². The molecule has 2 aromatic carbocycles. The van der Waals surface area contributed by atoms with Crippen LogP contribution in [0, 0.1) is 5.41 Å². The molecule has 1 heterocycles. The topological polar surface area (TPSA) is 124 Å². The number of aliphatic hydroxyl groups is 1. The molecule has 206 valence electrons. The number of amides is 1. The van der Waals surface area contributed by atoms with Crippen molar-refractivity contribution in [1.29, 1.82) is 5.41 Å². The van der Waals surface area contributed by atoms with Crippen molar-refractivity contribution in [1.82, 2.24) is 10.2 Å². The number of rotatable bonds is 12. The number of fused-ring (bicyclic) bond motifs is 1. The summed E-state index contributed by atoms with van der Waals surface area (Å²) in [6, 6.07) is 7.37. The number of aliphatic hydroxyl groups excluding tert-OH is 1. The molecule has 1 aliphatic rings. The van der Waals surface area contributed by atoms with E-state index in [2.05, 4.69) is 31.4 Å². The number of methoxy groups -OCH3 is 1. The molecular weight excluding hydrogens is 484 g/mol. The zero-order chi connectivity index (χ0) is 28.0. The smallest absolute Gasteiger partial charge is 0.224 e. The normalized spacial score (nSPS) is 12.8. The molecule has 0 saturated carbocycles. The van der Waals surface area contributed by atoms with E-state index >= 15 is 0 Å². The lowest BCUT2D eigenvalue weighted by Crippen LogP contribution is -2.30. The minimum absolute atomic E-state index is 0.0360. The van der Waals surface area contributed by atoms with Crippen LogP contribution in [0.1, 0.15) is 66.7 Å². The summed E-state index contributed by atoms with van der Waals surface area (Å²) >= 11 is 0. The molecule has 9 heteroatoms. The Morgan fingerprint density at radius 2 is 1.92 bits per heavy atom. The maximum atomic E-state index is 13.6. The van der Waals surface area contributed by atoms with Gasteiger partial charge in [0.1, 0.15) is 17.3 Å². The van der Waals surface area contributed by atoms with Crippen LogP contribution in [-0.4, -0.2) is 68.0 Å². The highest BCUT2D eigenvalue weighted by atomic mass is 16.5. The number of carbonyl (C=O) groups is 2. The average molecular weight is 525 g/mol. The van der Waals surface area contributed by atoms with E-state index in [9.17, 15) is 14.7 Å². The minimum atomic E-state index is -0.275. The second-order valence-corrected chi connectivity index (χ2v) is 10.4. The Kier molecular flexibility index (Phi) is 9.38. The lowest BCUT2D eigenvalue weighted by Gasteiger charge is -2.26. The quantitative estimate of drug-likeness (QED) is 0.247. The van der Waals surface area contributed by atoms with Crippen LogP contribution in [0.4, 0.5) is 5.69 Å². The third-order valence-electron chi connectivity index (χ3n) is 6.56.